The van der Waals surface area contributed by atoms with Crippen molar-refractivity contribution in [2.24, 2.45) is 5.41 Å². The molecule has 0 aliphatic heterocycles. The third kappa shape index (κ3) is 4.07. The minimum atomic E-state index is 0.427. The minimum absolute atomic E-state index is 0.427. The van der Waals surface area contributed by atoms with Gasteiger partial charge in [-0.3, -0.25) is 0 Å². The van der Waals surface area contributed by atoms with E-state index in [0.29, 0.717) is 11.5 Å². The van der Waals surface area contributed by atoms with E-state index in [9.17, 15) is 0 Å². The standard InChI is InChI=1S/C18H30N2/c1-18(2)12-10-16(11-13-18)20(4)14-17(19-3)15-8-6-5-7-9-15/h5-9,16-17,19H,10-14H2,1-4H3. The van der Waals surface area contributed by atoms with Crippen LogP contribution in [-0.2, 0) is 0 Å². The van der Waals surface area contributed by atoms with Gasteiger partial charge in [-0.1, -0.05) is 44.2 Å². The summed E-state index contributed by atoms with van der Waals surface area (Å²) in [5, 5.41) is 3.46. The summed E-state index contributed by atoms with van der Waals surface area (Å²) in [5.41, 5.74) is 1.94. The van der Waals surface area contributed by atoms with E-state index in [-0.39, 0.29) is 0 Å². The second kappa shape index (κ2) is 6.73. The van der Waals surface area contributed by atoms with Crippen molar-refractivity contribution in [2.75, 3.05) is 20.6 Å². The van der Waals surface area contributed by atoms with E-state index in [1.54, 1.807) is 0 Å². The summed E-state index contributed by atoms with van der Waals surface area (Å²) in [5.74, 6) is 0. The molecule has 1 aliphatic carbocycles. The van der Waals surface area contributed by atoms with Gasteiger partial charge in [0.2, 0.25) is 0 Å². The van der Waals surface area contributed by atoms with Crippen LogP contribution in [0.4, 0.5) is 0 Å². The van der Waals surface area contributed by atoms with E-state index in [2.05, 4.69) is 68.5 Å². The van der Waals surface area contributed by atoms with E-state index in [1.807, 2.05) is 0 Å². The summed E-state index contributed by atoms with van der Waals surface area (Å²) in [7, 11) is 4.35. The Morgan fingerprint density at radius 3 is 2.35 bits per heavy atom. The summed E-state index contributed by atoms with van der Waals surface area (Å²) in [6, 6.07) is 12.0. The molecule has 1 N–H and O–H groups in total. The van der Waals surface area contributed by atoms with Crippen LogP contribution >= 0.6 is 0 Å². The molecule has 1 aliphatic rings. The number of benzene rings is 1. The Kier molecular flexibility index (Phi) is 5.22. The smallest absolute Gasteiger partial charge is 0.0446 e. The SMILES string of the molecule is CNC(CN(C)C1CCC(C)(C)CC1)c1ccccc1. The Labute approximate surface area is 124 Å². The van der Waals surface area contributed by atoms with Crippen molar-refractivity contribution in [3.63, 3.8) is 0 Å². The Balaban J connectivity index is 1.91. The maximum Gasteiger partial charge on any atom is 0.0446 e. The molecule has 2 rings (SSSR count). The van der Waals surface area contributed by atoms with Crippen LogP contribution in [-0.4, -0.2) is 31.6 Å². The van der Waals surface area contributed by atoms with Crippen LogP contribution < -0.4 is 5.32 Å². The van der Waals surface area contributed by atoms with Crippen molar-refractivity contribution in [3.05, 3.63) is 35.9 Å². The average molecular weight is 274 g/mol. The van der Waals surface area contributed by atoms with Gasteiger partial charge in [-0.25, -0.2) is 0 Å². The molecule has 1 atom stereocenters. The Morgan fingerprint density at radius 2 is 1.80 bits per heavy atom. The van der Waals surface area contributed by atoms with Gasteiger partial charge in [0.05, 0.1) is 0 Å². The molecule has 1 unspecified atom stereocenters. The summed E-state index contributed by atoms with van der Waals surface area (Å²) in [4.78, 5) is 2.56. The number of hydrogen-bond donors (Lipinski definition) is 1. The fourth-order valence-electron chi connectivity index (χ4n) is 3.31. The molecule has 2 nitrogen and oxygen atoms in total. The molecule has 112 valence electrons. The van der Waals surface area contributed by atoms with Crippen molar-refractivity contribution in [2.45, 2.75) is 51.6 Å². The van der Waals surface area contributed by atoms with Gasteiger partial charge in [0.25, 0.3) is 0 Å². The van der Waals surface area contributed by atoms with Crippen molar-refractivity contribution < 1.29 is 0 Å². The molecular formula is C18H30N2. The first kappa shape index (κ1) is 15.5. The first-order chi connectivity index (χ1) is 9.52. The highest BCUT2D eigenvalue weighted by Crippen LogP contribution is 2.36. The molecule has 0 amide bonds. The van der Waals surface area contributed by atoms with Crippen LogP contribution in [0.2, 0.25) is 0 Å². The lowest BCUT2D eigenvalue weighted by molar-refractivity contribution is 0.120. The van der Waals surface area contributed by atoms with E-state index in [0.717, 1.165) is 12.6 Å². The van der Waals surface area contributed by atoms with Gasteiger partial charge < -0.3 is 10.2 Å². The molecule has 20 heavy (non-hydrogen) atoms. The van der Waals surface area contributed by atoms with Crippen LogP contribution in [0.15, 0.2) is 30.3 Å². The predicted molar refractivity (Wildman–Crippen MR) is 86.9 cm³/mol. The van der Waals surface area contributed by atoms with Crippen molar-refractivity contribution >= 4 is 0 Å². The number of nitrogens with zero attached hydrogens (tertiary/aromatic N) is 1. The van der Waals surface area contributed by atoms with Gasteiger partial charge in [0, 0.05) is 18.6 Å². The van der Waals surface area contributed by atoms with Crippen LogP contribution in [0.1, 0.15) is 51.1 Å². The molecule has 0 heterocycles. The quantitative estimate of drug-likeness (QED) is 0.877. The highest BCUT2D eigenvalue weighted by molar-refractivity contribution is 5.19. The summed E-state index contributed by atoms with van der Waals surface area (Å²) in [6.45, 7) is 5.90. The number of nitrogens with one attached hydrogen (secondary N) is 1. The number of likely N-dealkylation sites (N-methyl/N-ethyl adjacent to an activating group) is 2. The average Bonchev–Trinajstić information content (AvgIpc) is 2.45. The molecule has 1 aromatic carbocycles. The Hall–Kier alpha value is -0.860. The fraction of sp³-hybridized carbons (Fsp3) is 0.667. The minimum Gasteiger partial charge on any atom is -0.312 e. The maximum atomic E-state index is 3.46. The van der Waals surface area contributed by atoms with Gasteiger partial charge in [0.15, 0.2) is 0 Å². The summed E-state index contributed by atoms with van der Waals surface area (Å²) < 4.78 is 0. The van der Waals surface area contributed by atoms with Gasteiger partial charge in [-0.2, -0.15) is 0 Å². The molecule has 1 fully saturated rings. The second-order valence-electron chi connectivity index (χ2n) is 7.09. The van der Waals surface area contributed by atoms with Gasteiger partial charge in [-0.15, -0.1) is 0 Å². The molecule has 0 spiro atoms. The first-order valence-corrected chi connectivity index (χ1v) is 7.94. The Morgan fingerprint density at radius 1 is 1.20 bits per heavy atom. The monoisotopic (exact) mass is 274 g/mol. The van der Waals surface area contributed by atoms with Crippen LogP contribution in [0.25, 0.3) is 0 Å². The zero-order valence-electron chi connectivity index (χ0n) is 13.5. The van der Waals surface area contributed by atoms with Crippen molar-refractivity contribution in [1.29, 1.82) is 0 Å². The highest BCUT2D eigenvalue weighted by Gasteiger charge is 2.29. The predicted octanol–water partition coefficient (Wildman–Crippen LogP) is 3.85. The van der Waals surface area contributed by atoms with Crippen molar-refractivity contribution in [3.8, 4) is 0 Å². The summed E-state index contributed by atoms with van der Waals surface area (Å²) >= 11 is 0. The first-order valence-electron chi connectivity index (χ1n) is 7.94. The zero-order chi connectivity index (χ0) is 14.6. The zero-order valence-corrected chi connectivity index (χ0v) is 13.5. The molecule has 0 bridgehead atoms. The second-order valence-corrected chi connectivity index (χ2v) is 7.09. The molecule has 2 heteroatoms. The van der Waals surface area contributed by atoms with E-state index < -0.39 is 0 Å². The van der Waals surface area contributed by atoms with Gasteiger partial charge in [-0.05, 0) is 50.8 Å². The normalized spacial score (nSPS) is 21.1. The van der Waals surface area contributed by atoms with Gasteiger partial charge in [0.1, 0.15) is 0 Å². The van der Waals surface area contributed by atoms with E-state index in [4.69, 9.17) is 0 Å². The molecular weight excluding hydrogens is 244 g/mol. The van der Waals surface area contributed by atoms with Gasteiger partial charge >= 0.3 is 0 Å². The largest absolute Gasteiger partial charge is 0.312 e. The van der Waals surface area contributed by atoms with Crippen LogP contribution in [0.5, 0.6) is 0 Å². The van der Waals surface area contributed by atoms with Crippen LogP contribution in [0.3, 0.4) is 0 Å². The number of rotatable bonds is 5. The van der Waals surface area contributed by atoms with Crippen molar-refractivity contribution in [1.82, 2.24) is 10.2 Å². The number of hydrogen-bond acceptors (Lipinski definition) is 2. The molecule has 0 aromatic heterocycles. The molecule has 1 aromatic rings. The fourth-order valence-corrected chi connectivity index (χ4v) is 3.31. The highest BCUT2D eigenvalue weighted by atomic mass is 15.2. The lowest BCUT2D eigenvalue weighted by atomic mass is 9.75. The van der Waals surface area contributed by atoms with Crippen LogP contribution in [0, 0.1) is 5.41 Å². The van der Waals surface area contributed by atoms with E-state index in [1.165, 1.54) is 31.2 Å². The summed E-state index contributed by atoms with van der Waals surface area (Å²) in [6.07, 6.45) is 5.40. The Bertz CT molecular complexity index is 389. The topological polar surface area (TPSA) is 15.3 Å². The molecule has 0 radical (unpaired) electrons. The third-order valence-corrected chi connectivity index (χ3v) is 4.95. The third-order valence-electron chi connectivity index (χ3n) is 4.95. The molecule has 0 saturated heterocycles. The maximum absolute atomic E-state index is 3.46. The lowest BCUT2D eigenvalue weighted by Gasteiger charge is -2.39. The molecule has 1 saturated carbocycles. The van der Waals surface area contributed by atoms with E-state index >= 15 is 0 Å². The lowest BCUT2D eigenvalue weighted by Crippen LogP contribution is -2.41.